The fourth-order valence-electron chi connectivity index (χ4n) is 4.00. The lowest BCUT2D eigenvalue weighted by Crippen LogP contribution is -2.29. The van der Waals surface area contributed by atoms with Gasteiger partial charge in [0.05, 0.1) is 18.3 Å². The van der Waals surface area contributed by atoms with Gasteiger partial charge in [0.1, 0.15) is 5.75 Å². The van der Waals surface area contributed by atoms with E-state index < -0.39 is 0 Å². The van der Waals surface area contributed by atoms with Crippen molar-refractivity contribution >= 4 is 39.5 Å². The highest BCUT2D eigenvalue weighted by molar-refractivity contribution is 5.94. The quantitative estimate of drug-likeness (QED) is 0.287. The number of ether oxygens (including phenoxy) is 1. The molecule has 1 aromatic heterocycles. The highest BCUT2D eigenvalue weighted by atomic mass is 16.5. The van der Waals surface area contributed by atoms with Crippen LogP contribution in [0.4, 0.5) is 28.6 Å². The molecule has 3 N–H and O–H groups in total. The monoisotopic (exact) mass is 458 g/mol. The first-order valence-electron chi connectivity index (χ1n) is 11.6. The summed E-state index contributed by atoms with van der Waals surface area (Å²) < 4.78 is 5.76. The molecule has 0 unspecified atom stereocenters. The van der Waals surface area contributed by atoms with Crippen molar-refractivity contribution < 1.29 is 4.74 Å². The summed E-state index contributed by atoms with van der Waals surface area (Å²) in [5.74, 6) is 1.57. The number of aromatic amines is 1. The van der Waals surface area contributed by atoms with Crippen molar-refractivity contribution in [3.63, 3.8) is 0 Å². The van der Waals surface area contributed by atoms with Crippen molar-refractivity contribution in [2.45, 2.75) is 13.3 Å². The Labute approximate surface area is 201 Å². The van der Waals surface area contributed by atoms with E-state index in [1.807, 2.05) is 30.3 Å². The summed E-state index contributed by atoms with van der Waals surface area (Å²) in [5.41, 5.74) is 6.37. The van der Waals surface area contributed by atoms with Crippen LogP contribution in [0.2, 0.25) is 0 Å². The second-order valence-corrected chi connectivity index (χ2v) is 8.71. The average molecular weight is 459 g/mol. The number of aryl methyl sites for hydroxylation is 1. The summed E-state index contributed by atoms with van der Waals surface area (Å²) in [6.07, 6.45) is 0.927. The number of hydrogen-bond donors (Lipinski definition) is 3. The molecule has 0 aliphatic heterocycles. The molecule has 0 atom stereocenters. The minimum absolute atomic E-state index is 0.773. The van der Waals surface area contributed by atoms with Gasteiger partial charge in [-0.15, -0.1) is 0 Å². The molecule has 0 aliphatic carbocycles. The van der Waals surface area contributed by atoms with Crippen LogP contribution in [0, 0.1) is 0 Å². The molecular weight excluding hydrogens is 424 g/mol. The first-order valence-corrected chi connectivity index (χ1v) is 11.6. The number of para-hydroxylation sites is 1. The highest BCUT2D eigenvalue weighted by Gasteiger charge is 2.15. The van der Waals surface area contributed by atoms with Gasteiger partial charge >= 0.3 is 0 Å². The summed E-state index contributed by atoms with van der Waals surface area (Å²) in [5, 5.41) is 15.6. The summed E-state index contributed by atoms with van der Waals surface area (Å²) in [7, 11) is 8.03. The summed E-state index contributed by atoms with van der Waals surface area (Å²) >= 11 is 0. The maximum Gasteiger partial charge on any atom is 0.160 e. The van der Waals surface area contributed by atoms with Gasteiger partial charge in [-0.25, -0.2) is 0 Å². The van der Waals surface area contributed by atoms with Gasteiger partial charge in [0, 0.05) is 48.7 Å². The van der Waals surface area contributed by atoms with E-state index in [0.29, 0.717) is 0 Å². The molecule has 7 heteroatoms. The van der Waals surface area contributed by atoms with Crippen LogP contribution in [-0.2, 0) is 6.42 Å². The Kier molecular flexibility index (Phi) is 7.23. The molecule has 0 spiro atoms. The molecule has 0 radical (unpaired) electrons. The van der Waals surface area contributed by atoms with Gasteiger partial charge < -0.3 is 25.2 Å². The zero-order chi connectivity index (χ0) is 24.1. The molecule has 1 heterocycles. The molecule has 4 aromatic rings. The topological polar surface area (TPSA) is 68.4 Å². The predicted molar refractivity (Wildman–Crippen MR) is 143 cm³/mol. The third-order valence-electron chi connectivity index (χ3n) is 5.95. The van der Waals surface area contributed by atoms with Gasteiger partial charge in [-0.2, -0.15) is 5.10 Å². The Morgan fingerprint density at radius 2 is 1.71 bits per heavy atom. The van der Waals surface area contributed by atoms with Crippen molar-refractivity contribution in [1.29, 1.82) is 0 Å². The minimum atomic E-state index is 0.773. The lowest BCUT2D eigenvalue weighted by Gasteiger charge is -2.25. The maximum absolute atomic E-state index is 5.76. The Morgan fingerprint density at radius 1 is 0.912 bits per heavy atom. The van der Waals surface area contributed by atoms with E-state index in [2.05, 4.69) is 89.0 Å². The third kappa shape index (κ3) is 5.26. The number of methoxy groups -OCH3 is 1. The Morgan fingerprint density at radius 3 is 2.41 bits per heavy atom. The van der Waals surface area contributed by atoms with Gasteiger partial charge in [-0.3, -0.25) is 5.10 Å². The third-order valence-corrected chi connectivity index (χ3v) is 5.95. The van der Waals surface area contributed by atoms with Crippen molar-refractivity contribution in [3.8, 4) is 5.75 Å². The number of benzene rings is 3. The Bertz CT molecular complexity index is 1230. The number of anilines is 5. The number of hydrogen-bond acceptors (Lipinski definition) is 6. The van der Waals surface area contributed by atoms with Crippen LogP contribution in [0.25, 0.3) is 10.9 Å². The smallest absolute Gasteiger partial charge is 0.160 e. The van der Waals surface area contributed by atoms with Crippen LogP contribution in [0.1, 0.15) is 12.5 Å². The molecule has 34 heavy (non-hydrogen) atoms. The lowest BCUT2D eigenvalue weighted by atomic mass is 10.1. The van der Waals surface area contributed by atoms with E-state index in [4.69, 9.17) is 4.74 Å². The van der Waals surface area contributed by atoms with Crippen molar-refractivity contribution in [2.24, 2.45) is 0 Å². The van der Waals surface area contributed by atoms with E-state index >= 15 is 0 Å². The molecule has 0 amide bonds. The molecule has 3 aromatic carbocycles. The summed E-state index contributed by atoms with van der Waals surface area (Å²) in [4.78, 5) is 4.48. The Hall–Kier alpha value is -3.71. The second-order valence-electron chi connectivity index (χ2n) is 8.71. The van der Waals surface area contributed by atoms with E-state index in [1.165, 1.54) is 11.3 Å². The van der Waals surface area contributed by atoms with E-state index in [9.17, 15) is 0 Å². The maximum atomic E-state index is 5.76. The van der Waals surface area contributed by atoms with Crippen LogP contribution in [-0.4, -0.2) is 56.4 Å². The van der Waals surface area contributed by atoms with Gasteiger partial charge in [0.25, 0.3) is 0 Å². The average Bonchev–Trinajstić information content (AvgIpc) is 3.24. The Balaban J connectivity index is 1.59. The van der Waals surface area contributed by atoms with E-state index in [0.717, 1.165) is 59.0 Å². The SMILES string of the molecule is CCc1cc(Nc2n[nH]c3cc(Nc4ccccc4)ccc23)c(OC)cc1N(C)CCN(C)C. The number of H-pyrrole nitrogens is 1. The van der Waals surface area contributed by atoms with E-state index in [1.54, 1.807) is 7.11 Å². The van der Waals surface area contributed by atoms with Gasteiger partial charge in [-0.05, 0) is 62.5 Å². The predicted octanol–water partition coefficient (Wildman–Crippen LogP) is 5.62. The van der Waals surface area contributed by atoms with Crippen LogP contribution >= 0.6 is 0 Å². The van der Waals surface area contributed by atoms with Crippen LogP contribution in [0.3, 0.4) is 0 Å². The minimum Gasteiger partial charge on any atom is -0.494 e. The molecule has 0 fully saturated rings. The molecule has 0 aliphatic rings. The first-order chi connectivity index (χ1) is 16.5. The van der Waals surface area contributed by atoms with E-state index in [-0.39, 0.29) is 0 Å². The number of likely N-dealkylation sites (N-methyl/N-ethyl adjacent to an activating group) is 2. The van der Waals surface area contributed by atoms with Gasteiger partial charge in [-0.1, -0.05) is 25.1 Å². The molecule has 0 saturated carbocycles. The fraction of sp³-hybridized carbons (Fsp3) is 0.296. The summed E-state index contributed by atoms with van der Waals surface area (Å²) in [6, 6.07) is 20.6. The van der Waals surface area contributed by atoms with Crippen molar-refractivity contribution in [1.82, 2.24) is 15.1 Å². The molecular formula is C27H34N6O. The van der Waals surface area contributed by atoms with Crippen LogP contribution in [0.5, 0.6) is 5.75 Å². The number of rotatable bonds is 10. The number of nitrogens with one attached hydrogen (secondary N) is 3. The van der Waals surface area contributed by atoms with Crippen molar-refractivity contribution in [2.75, 3.05) is 56.9 Å². The molecule has 7 nitrogen and oxygen atoms in total. The zero-order valence-corrected chi connectivity index (χ0v) is 20.6. The lowest BCUT2D eigenvalue weighted by molar-refractivity contribution is 0.413. The number of nitrogens with zero attached hydrogens (tertiary/aromatic N) is 3. The highest BCUT2D eigenvalue weighted by Crippen LogP contribution is 2.36. The second kappa shape index (κ2) is 10.5. The first kappa shape index (κ1) is 23.4. The number of aromatic nitrogens is 2. The zero-order valence-electron chi connectivity index (χ0n) is 20.6. The van der Waals surface area contributed by atoms with Crippen molar-refractivity contribution in [3.05, 3.63) is 66.2 Å². The fourth-order valence-corrected chi connectivity index (χ4v) is 4.00. The molecule has 0 saturated heterocycles. The molecule has 4 rings (SSSR count). The molecule has 0 bridgehead atoms. The van der Waals surface area contributed by atoms with Gasteiger partial charge in [0.15, 0.2) is 5.82 Å². The standard InChI is InChI=1S/C27H34N6O/c1-6-19-16-24(26(34-5)18-25(19)33(4)15-14-32(2)3)29-27-22-13-12-21(17-23(22)30-31-27)28-20-10-8-7-9-11-20/h7-13,16-18,28H,6,14-15H2,1-5H3,(H2,29,30,31). The number of fused-ring (bicyclic) bond motifs is 1. The largest absolute Gasteiger partial charge is 0.494 e. The molecule has 178 valence electrons. The summed E-state index contributed by atoms with van der Waals surface area (Å²) in [6.45, 7) is 4.11. The van der Waals surface area contributed by atoms with Crippen LogP contribution in [0.15, 0.2) is 60.7 Å². The van der Waals surface area contributed by atoms with Crippen LogP contribution < -0.4 is 20.3 Å². The normalized spacial score (nSPS) is 11.1. The van der Waals surface area contributed by atoms with Gasteiger partial charge in [0.2, 0.25) is 0 Å².